The van der Waals surface area contributed by atoms with Gasteiger partial charge in [-0.15, -0.1) is 0 Å². The van der Waals surface area contributed by atoms with Gasteiger partial charge < -0.3 is 21.1 Å². The number of hydrogen-bond acceptors (Lipinski definition) is 4. The third-order valence-corrected chi connectivity index (χ3v) is 3.17. The van der Waals surface area contributed by atoms with Crippen molar-refractivity contribution in [3.63, 3.8) is 0 Å². The zero-order chi connectivity index (χ0) is 17.2. The van der Waals surface area contributed by atoms with Crippen molar-refractivity contribution in [3.05, 3.63) is 12.2 Å². The minimum Gasteiger partial charge on any atom is -0.480 e. The van der Waals surface area contributed by atoms with Gasteiger partial charge in [0.2, 0.25) is 0 Å². The number of unbranched alkanes of at least 4 members (excludes halogenated alkanes) is 4. The SMILES string of the molecule is NC(C(=O)O)C(O)C(O)C/C=C/CCCCCCC(F)(F)F. The Morgan fingerprint density at radius 2 is 1.68 bits per heavy atom. The highest BCUT2D eigenvalue weighted by Gasteiger charge is 2.27. The molecule has 0 spiro atoms. The van der Waals surface area contributed by atoms with Crippen molar-refractivity contribution < 1.29 is 33.3 Å². The second-order valence-electron chi connectivity index (χ2n) is 5.20. The van der Waals surface area contributed by atoms with Gasteiger partial charge in [0, 0.05) is 6.42 Å². The van der Waals surface area contributed by atoms with E-state index in [4.69, 9.17) is 10.8 Å². The lowest BCUT2D eigenvalue weighted by molar-refractivity contribution is -0.143. The van der Waals surface area contributed by atoms with E-state index < -0.39 is 36.8 Å². The van der Waals surface area contributed by atoms with Gasteiger partial charge in [0.05, 0.1) is 6.10 Å². The summed E-state index contributed by atoms with van der Waals surface area (Å²) in [5.74, 6) is -1.39. The van der Waals surface area contributed by atoms with E-state index >= 15 is 0 Å². The summed E-state index contributed by atoms with van der Waals surface area (Å²) in [7, 11) is 0. The van der Waals surface area contributed by atoms with E-state index in [1.807, 2.05) is 0 Å². The summed E-state index contributed by atoms with van der Waals surface area (Å²) in [6, 6.07) is -1.54. The fraction of sp³-hybridized carbons (Fsp3) is 0.786. The molecule has 0 rings (SSSR count). The van der Waals surface area contributed by atoms with E-state index in [-0.39, 0.29) is 12.8 Å². The Hall–Kier alpha value is -1.12. The molecule has 0 saturated heterocycles. The van der Waals surface area contributed by atoms with Gasteiger partial charge in [0.25, 0.3) is 0 Å². The second kappa shape index (κ2) is 10.6. The normalized spacial score (nSPS) is 16.6. The molecule has 0 aliphatic carbocycles. The van der Waals surface area contributed by atoms with E-state index in [0.29, 0.717) is 19.3 Å². The number of hydrogen-bond donors (Lipinski definition) is 4. The molecule has 3 atom stereocenters. The number of allylic oxidation sites excluding steroid dienone is 1. The van der Waals surface area contributed by atoms with Crippen LogP contribution in [0.5, 0.6) is 0 Å². The first kappa shape index (κ1) is 20.9. The molecular weight excluding hydrogens is 303 g/mol. The number of nitrogens with two attached hydrogens (primary N) is 1. The topological polar surface area (TPSA) is 104 Å². The van der Waals surface area contributed by atoms with Crippen molar-refractivity contribution in [1.82, 2.24) is 0 Å². The van der Waals surface area contributed by atoms with Crippen molar-refractivity contribution in [2.75, 3.05) is 0 Å². The maximum absolute atomic E-state index is 11.9. The smallest absolute Gasteiger partial charge is 0.389 e. The molecule has 0 aliphatic heterocycles. The first-order chi connectivity index (χ1) is 10.1. The Balaban J connectivity index is 3.68. The number of carboxylic acid groups (broad SMARTS) is 1. The molecule has 0 amide bonds. The molecule has 5 N–H and O–H groups in total. The molecule has 0 bridgehead atoms. The minimum atomic E-state index is -4.09. The van der Waals surface area contributed by atoms with Crippen LogP contribution in [0.25, 0.3) is 0 Å². The summed E-state index contributed by atoms with van der Waals surface area (Å²) >= 11 is 0. The molecule has 3 unspecified atom stereocenters. The average Bonchev–Trinajstić information content (AvgIpc) is 2.42. The highest BCUT2D eigenvalue weighted by molar-refractivity contribution is 5.74. The summed E-state index contributed by atoms with van der Waals surface area (Å²) < 4.78 is 35.6. The first-order valence-corrected chi connectivity index (χ1v) is 7.21. The Morgan fingerprint density at radius 1 is 1.09 bits per heavy atom. The van der Waals surface area contributed by atoms with Gasteiger partial charge in [0.1, 0.15) is 12.1 Å². The number of alkyl halides is 3. The molecule has 0 aromatic rings. The van der Waals surface area contributed by atoms with Crippen molar-refractivity contribution in [3.8, 4) is 0 Å². The summed E-state index contributed by atoms with van der Waals surface area (Å²) in [4.78, 5) is 10.5. The number of aliphatic hydroxyl groups excluding tert-OH is 2. The highest BCUT2D eigenvalue weighted by atomic mass is 19.4. The van der Waals surface area contributed by atoms with Crippen LogP contribution in [0.4, 0.5) is 13.2 Å². The van der Waals surface area contributed by atoms with E-state index in [2.05, 4.69) is 0 Å². The Kier molecular flexibility index (Phi) is 10.0. The van der Waals surface area contributed by atoms with Crippen LogP contribution in [0.1, 0.15) is 44.9 Å². The third kappa shape index (κ3) is 10.6. The van der Waals surface area contributed by atoms with Gasteiger partial charge >= 0.3 is 12.1 Å². The van der Waals surface area contributed by atoms with Gasteiger partial charge in [-0.25, -0.2) is 0 Å². The van der Waals surface area contributed by atoms with Gasteiger partial charge in [-0.1, -0.05) is 25.0 Å². The van der Waals surface area contributed by atoms with Crippen molar-refractivity contribution >= 4 is 5.97 Å². The molecule has 0 radical (unpaired) electrons. The van der Waals surface area contributed by atoms with Crippen LogP contribution in [-0.4, -0.2) is 45.7 Å². The molecule has 22 heavy (non-hydrogen) atoms. The molecule has 0 aromatic heterocycles. The van der Waals surface area contributed by atoms with Crippen LogP contribution in [0.15, 0.2) is 12.2 Å². The largest absolute Gasteiger partial charge is 0.480 e. The lowest BCUT2D eigenvalue weighted by Gasteiger charge is -2.19. The predicted molar refractivity (Wildman–Crippen MR) is 75.1 cm³/mol. The molecule has 0 aliphatic rings. The molecule has 0 saturated carbocycles. The van der Waals surface area contributed by atoms with Crippen LogP contribution in [0, 0.1) is 0 Å². The summed E-state index contributed by atoms with van der Waals surface area (Å²) in [5.41, 5.74) is 5.18. The van der Waals surface area contributed by atoms with Crippen molar-refractivity contribution in [1.29, 1.82) is 0 Å². The van der Waals surface area contributed by atoms with Crippen molar-refractivity contribution in [2.45, 2.75) is 69.4 Å². The number of halogens is 3. The Morgan fingerprint density at radius 3 is 2.23 bits per heavy atom. The zero-order valence-electron chi connectivity index (χ0n) is 12.3. The molecular formula is C14H24F3NO4. The van der Waals surface area contributed by atoms with Crippen LogP contribution < -0.4 is 5.73 Å². The number of carboxylic acids is 1. The molecule has 0 heterocycles. The Labute approximate surface area is 127 Å². The summed E-state index contributed by atoms with van der Waals surface area (Å²) in [6.45, 7) is 0. The molecule has 8 heteroatoms. The second-order valence-corrected chi connectivity index (χ2v) is 5.20. The molecule has 130 valence electrons. The van der Waals surface area contributed by atoms with Crippen LogP contribution >= 0.6 is 0 Å². The van der Waals surface area contributed by atoms with Gasteiger partial charge in [-0.3, -0.25) is 4.79 Å². The minimum absolute atomic E-state index is 0.0657. The zero-order valence-corrected chi connectivity index (χ0v) is 12.3. The quantitative estimate of drug-likeness (QED) is 0.343. The number of carbonyl (C=O) groups is 1. The van der Waals surface area contributed by atoms with Crippen LogP contribution in [-0.2, 0) is 4.79 Å². The van der Waals surface area contributed by atoms with Crippen LogP contribution in [0.2, 0.25) is 0 Å². The average molecular weight is 327 g/mol. The molecule has 5 nitrogen and oxygen atoms in total. The molecule has 0 aromatic carbocycles. The fourth-order valence-electron chi connectivity index (χ4n) is 1.82. The number of rotatable bonds is 11. The lowest BCUT2D eigenvalue weighted by atomic mass is 10.0. The maximum atomic E-state index is 11.9. The summed E-state index contributed by atoms with van der Waals surface area (Å²) in [5, 5.41) is 27.6. The number of aliphatic hydroxyl groups is 2. The lowest BCUT2D eigenvalue weighted by Crippen LogP contribution is -2.47. The van der Waals surface area contributed by atoms with Gasteiger partial charge in [-0.05, 0) is 25.7 Å². The van der Waals surface area contributed by atoms with E-state index in [0.717, 1.165) is 6.42 Å². The van der Waals surface area contributed by atoms with Gasteiger partial charge in [-0.2, -0.15) is 13.2 Å². The highest BCUT2D eigenvalue weighted by Crippen LogP contribution is 2.23. The fourth-order valence-corrected chi connectivity index (χ4v) is 1.82. The van der Waals surface area contributed by atoms with E-state index in [9.17, 15) is 28.2 Å². The Bertz CT molecular complexity index is 347. The number of aliphatic carboxylic acids is 1. The predicted octanol–water partition coefficient (Wildman–Crippen LogP) is 1.97. The third-order valence-electron chi connectivity index (χ3n) is 3.17. The summed E-state index contributed by atoms with van der Waals surface area (Å²) in [6.07, 6.45) is -1.53. The van der Waals surface area contributed by atoms with Crippen molar-refractivity contribution in [2.24, 2.45) is 5.73 Å². The van der Waals surface area contributed by atoms with Crippen LogP contribution in [0.3, 0.4) is 0 Å². The maximum Gasteiger partial charge on any atom is 0.389 e. The standard InChI is InChI=1S/C14H24F3NO4/c15-14(16,17)9-7-5-3-1-2-4-6-8-10(19)12(20)11(18)13(21)22/h4,6,10-12,19-20H,1-3,5,7-9,18H2,(H,21,22)/b6-4+. The first-order valence-electron chi connectivity index (χ1n) is 7.21. The molecule has 0 fully saturated rings. The van der Waals surface area contributed by atoms with E-state index in [1.165, 1.54) is 0 Å². The van der Waals surface area contributed by atoms with E-state index in [1.54, 1.807) is 12.2 Å². The van der Waals surface area contributed by atoms with Gasteiger partial charge in [0.15, 0.2) is 0 Å². The monoisotopic (exact) mass is 327 g/mol.